The maximum atomic E-state index is 5.62. The zero-order valence-electron chi connectivity index (χ0n) is 8.44. The third-order valence-electron chi connectivity index (χ3n) is 2.16. The van der Waals surface area contributed by atoms with E-state index in [1.54, 1.807) is 12.4 Å². The Morgan fingerprint density at radius 3 is 2.53 bits per heavy atom. The highest BCUT2D eigenvalue weighted by Gasteiger charge is 1.98. The quantitative estimate of drug-likeness (QED) is 0.725. The lowest BCUT2D eigenvalue weighted by Crippen LogP contribution is -1.91. The van der Waals surface area contributed by atoms with Gasteiger partial charge in [-0.1, -0.05) is 29.8 Å². The maximum Gasteiger partial charge on any atom is 0.222 e. The van der Waals surface area contributed by atoms with E-state index < -0.39 is 0 Å². The Hall–Kier alpha value is -1.41. The predicted octanol–water partition coefficient (Wildman–Crippen LogP) is 3.03. The molecule has 0 aliphatic heterocycles. The first-order valence-electron chi connectivity index (χ1n) is 4.76. The molecule has 15 heavy (non-hydrogen) atoms. The zero-order valence-corrected chi connectivity index (χ0v) is 9.20. The molecular weight excluding hydrogens is 208 g/mol. The first-order valence-corrected chi connectivity index (χ1v) is 5.14. The SMILES string of the molecule is Cc1cccc(Cc2cnc(Cl)nc2)c1. The van der Waals surface area contributed by atoms with Crippen LogP contribution in [0.15, 0.2) is 36.7 Å². The van der Waals surface area contributed by atoms with Crippen LogP contribution in [0.4, 0.5) is 0 Å². The van der Waals surface area contributed by atoms with Crippen LogP contribution >= 0.6 is 11.6 Å². The molecule has 0 radical (unpaired) electrons. The van der Waals surface area contributed by atoms with Crippen molar-refractivity contribution in [3.8, 4) is 0 Å². The van der Waals surface area contributed by atoms with Crippen LogP contribution in [0, 0.1) is 6.92 Å². The number of aryl methyl sites for hydroxylation is 1. The van der Waals surface area contributed by atoms with Gasteiger partial charge >= 0.3 is 0 Å². The highest BCUT2D eigenvalue weighted by Crippen LogP contribution is 2.10. The number of rotatable bonds is 2. The summed E-state index contributed by atoms with van der Waals surface area (Å²) in [5, 5.41) is 0.294. The first kappa shape index (κ1) is 10.1. The molecule has 0 bridgehead atoms. The molecule has 2 rings (SSSR count). The van der Waals surface area contributed by atoms with Crippen LogP contribution in [0.3, 0.4) is 0 Å². The lowest BCUT2D eigenvalue weighted by molar-refractivity contribution is 1.07. The van der Waals surface area contributed by atoms with Crippen LogP contribution in [0.5, 0.6) is 0 Å². The molecule has 3 heteroatoms. The van der Waals surface area contributed by atoms with Crippen LogP contribution < -0.4 is 0 Å². The first-order chi connectivity index (χ1) is 7.24. The minimum absolute atomic E-state index is 0.294. The molecule has 1 aromatic carbocycles. The topological polar surface area (TPSA) is 25.8 Å². The Balaban J connectivity index is 2.18. The molecule has 1 aromatic heterocycles. The lowest BCUT2D eigenvalue weighted by Gasteiger charge is -2.02. The Bertz CT molecular complexity index is 451. The fraction of sp³-hybridized carbons (Fsp3) is 0.167. The molecule has 0 saturated heterocycles. The van der Waals surface area contributed by atoms with Crippen LogP contribution in [0.1, 0.15) is 16.7 Å². The van der Waals surface area contributed by atoms with Crippen molar-refractivity contribution in [2.24, 2.45) is 0 Å². The van der Waals surface area contributed by atoms with E-state index in [4.69, 9.17) is 11.6 Å². The standard InChI is InChI=1S/C12H11ClN2/c1-9-3-2-4-10(5-9)6-11-7-14-12(13)15-8-11/h2-5,7-8H,6H2,1H3. The van der Waals surface area contributed by atoms with Gasteiger partial charge in [0.25, 0.3) is 0 Å². The van der Waals surface area contributed by atoms with Crippen LogP contribution in [0.25, 0.3) is 0 Å². The normalized spacial score (nSPS) is 10.3. The minimum Gasteiger partial charge on any atom is -0.226 e. The molecule has 0 unspecified atom stereocenters. The van der Waals surface area contributed by atoms with E-state index in [0.29, 0.717) is 5.28 Å². The summed E-state index contributed by atoms with van der Waals surface area (Å²) in [4.78, 5) is 7.90. The van der Waals surface area contributed by atoms with E-state index in [9.17, 15) is 0 Å². The van der Waals surface area contributed by atoms with Gasteiger partial charge in [0.1, 0.15) is 0 Å². The van der Waals surface area contributed by atoms with Gasteiger partial charge in [0.05, 0.1) is 0 Å². The molecule has 0 fully saturated rings. The van der Waals surface area contributed by atoms with Gasteiger partial charge in [0, 0.05) is 18.8 Å². The molecule has 0 aliphatic carbocycles. The van der Waals surface area contributed by atoms with E-state index in [-0.39, 0.29) is 0 Å². The lowest BCUT2D eigenvalue weighted by atomic mass is 10.1. The molecule has 0 N–H and O–H groups in total. The highest BCUT2D eigenvalue weighted by molar-refractivity contribution is 6.28. The van der Waals surface area contributed by atoms with Gasteiger partial charge in [-0.2, -0.15) is 0 Å². The van der Waals surface area contributed by atoms with Crippen molar-refractivity contribution in [2.45, 2.75) is 13.3 Å². The summed E-state index contributed by atoms with van der Waals surface area (Å²) in [6.07, 6.45) is 4.37. The minimum atomic E-state index is 0.294. The second-order valence-electron chi connectivity index (χ2n) is 3.53. The molecule has 0 saturated carbocycles. The third kappa shape index (κ3) is 2.77. The number of benzene rings is 1. The van der Waals surface area contributed by atoms with Crippen molar-refractivity contribution in [3.05, 3.63) is 58.6 Å². The van der Waals surface area contributed by atoms with Gasteiger partial charge in [-0.25, -0.2) is 9.97 Å². The second-order valence-corrected chi connectivity index (χ2v) is 3.86. The third-order valence-corrected chi connectivity index (χ3v) is 2.36. The van der Waals surface area contributed by atoms with Crippen molar-refractivity contribution < 1.29 is 0 Å². The average molecular weight is 219 g/mol. The summed E-state index contributed by atoms with van der Waals surface area (Å²) in [6, 6.07) is 8.40. The molecule has 0 atom stereocenters. The maximum absolute atomic E-state index is 5.62. The number of hydrogen-bond acceptors (Lipinski definition) is 2. The summed E-state index contributed by atoms with van der Waals surface area (Å²) < 4.78 is 0. The molecule has 76 valence electrons. The van der Waals surface area contributed by atoms with Gasteiger partial charge in [0.2, 0.25) is 5.28 Å². The van der Waals surface area contributed by atoms with Crippen LogP contribution in [0.2, 0.25) is 5.28 Å². The molecule has 0 aliphatic rings. The summed E-state index contributed by atoms with van der Waals surface area (Å²) in [7, 11) is 0. The monoisotopic (exact) mass is 218 g/mol. The number of aromatic nitrogens is 2. The summed E-state index contributed by atoms with van der Waals surface area (Å²) >= 11 is 5.62. The Labute approximate surface area is 94.0 Å². The largest absolute Gasteiger partial charge is 0.226 e. The predicted molar refractivity (Wildman–Crippen MR) is 61.0 cm³/mol. The van der Waals surface area contributed by atoms with E-state index in [1.165, 1.54) is 11.1 Å². The van der Waals surface area contributed by atoms with Gasteiger partial charge in [-0.05, 0) is 29.7 Å². The zero-order chi connectivity index (χ0) is 10.7. The van der Waals surface area contributed by atoms with Crippen molar-refractivity contribution in [1.29, 1.82) is 0 Å². The summed E-state index contributed by atoms with van der Waals surface area (Å²) in [6.45, 7) is 2.09. The molecule has 0 spiro atoms. The van der Waals surface area contributed by atoms with E-state index >= 15 is 0 Å². The second kappa shape index (κ2) is 4.41. The molecular formula is C12H11ClN2. The number of hydrogen-bond donors (Lipinski definition) is 0. The average Bonchev–Trinajstić information content (AvgIpc) is 2.22. The Kier molecular flexibility index (Phi) is 2.97. The fourth-order valence-electron chi connectivity index (χ4n) is 1.49. The van der Waals surface area contributed by atoms with Crippen molar-refractivity contribution in [2.75, 3.05) is 0 Å². The molecule has 0 amide bonds. The smallest absolute Gasteiger partial charge is 0.222 e. The van der Waals surface area contributed by atoms with Crippen molar-refractivity contribution in [1.82, 2.24) is 9.97 Å². The Morgan fingerprint density at radius 2 is 1.87 bits per heavy atom. The van der Waals surface area contributed by atoms with Gasteiger partial charge in [0.15, 0.2) is 0 Å². The fourth-order valence-corrected chi connectivity index (χ4v) is 1.59. The van der Waals surface area contributed by atoms with Crippen molar-refractivity contribution in [3.63, 3.8) is 0 Å². The van der Waals surface area contributed by atoms with E-state index in [1.807, 2.05) is 0 Å². The summed E-state index contributed by atoms with van der Waals surface area (Å²) in [5.74, 6) is 0. The van der Waals surface area contributed by atoms with Gasteiger partial charge < -0.3 is 0 Å². The van der Waals surface area contributed by atoms with Crippen LogP contribution in [-0.2, 0) is 6.42 Å². The van der Waals surface area contributed by atoms with E-state index in [2.05, 4.69) is 41.2 Å². The van der Waals surface area contributed by atoms with Gasteiger partial charge in [-0.15, -0.1) is 0 Å². The number of nitrogens with zero attached hydrogens (tertiary/aromatic N) is 2. The van der Waals surface area contributed by atoms with Crippen LogP contribution in [-0.4, -0.2) is 9.97 Å². The summed E-state index contributed by atoms with van der Waals surface area (Å²) in [5.41, 5.74) is 3.60. The highest BCUT2D eigenvalue weighted by atomic mass is 35.5. The number of halogens is 1. The van der Waals surface area contributed by atoms with E-state index in [0.717, 1.165) is 12.0 Å². The molecule has 1 heterocycles. The van der Waals surface area contributed by atoms with Crippen molar-refractivity contribution >= 4 is 11.6 Å². The van der Waals surface area contributed by atoms with Gasteiger partial charge in [-0.3, -0.25) is 0 Å². The Morgan fingerprint density at radius 1 is 1.13 bits per heavy atom. The molecule has 2 nitrogen and oxygen atoms in total. The molecule has 2 aromatic rings.